The van der Waals surface area contributed by atoms with E-state index in [2.05, 4.69) is 26.1 Å². The Kier molecular flexibility index (Phi) is 3.79. The molecule has 2 aromatic carbocycles. The zero-order valence-corrected chi connectivity index (χ0v) is 12.4. The summed E-state index contributed by atoms with van der Waals surface area (Å²) in [7, 11) is 0. The van der Waals surface area contributed by atoms with Crippen molar-refractivity contribution in [3.05, 3.63) is 66.0 Å². The first-order chi connectivity index (χ1) is 10.2. The SMILES string of the molecule is Fc1ccc(F)c(-c2nnc(CBr)n2-c2ccccc2)c1. The van der Waals surface area contributed by atoms with Crippen LogP contribution in [0.2, 0.25) is 0 Å². The number of hydrogen-bond acceptors (Lipinski definition) is 2. The highest BCUT2D eigenvalue weighted by atomic mass is 79.9. The van der Waals surface area contributed by atoms with Gasteiger partial charge in [0.25, 0.3) is 0 Å². The summed E-state index contributed by atoms with van der Waals surface area (Å²) < 4.78 is 29.1. The second-order valence-electron chi connectivity index (χ2n) is 4.37. The summed E-state index contributed by atoms with van der Waals surface area (Å²) in [4.78, 5) is 0. The minimum atomic E-state index is -0.540. The highest BCUT2D eigenvalue weighted by Crippen LogP contribution is 2.26. The van der Waals surface area contributed by atoms with Crippen molar-refractivity contribution in [2.24, 2.45) is 0 Å². The van der Waals surface area contributed by atoms with Crippen molar-refractivity contribution in [2.45, 2.75) is 5.33 Å². The molecule has 0 aliphatic heterocycles. The van der Waals surface area contributed by atoms with Crippen molar-refractivity contribution < 1.29 is 8.78 Å². The van der Waals surface area contributed by atoms with Crippen molar-refractivity contribution in [3.8, 4) is 17.1 Å². The molecule has 0 amide bonds. The Hall–Kier alpha value is -2.08. The number of rotatable bonds is 3. The average Bonchev–Trinajstić information content (AvgIpc) is 2.94. The molecule has 0 bridgehead atoms. The Labute approximate surface area is 128 Å². The lowest BCUT2D eigenvalue weighted by Gasteiger charge is -2.10. The van der Waals surface area contributed by atoms with Crippen LogP contribution in [0.25, 0.3) is 17.1 Å². The molecule has 3 nitrogen and oxygen atoms in total. The normalized spacial score (nSPS) is 10.8. The van der Waals surface area contributed by atoms with E-state index in [9.17, 15) is 8.78 Å². The van der Waals surface area contributed by atoms with E-state index >= 15 is 0 Å². The van der Waals surface area contributed by atoms with Gasteiger partial charge in [-0.25, -0.2) is 8.78 Å². The minimum Gasteiger partial charge on any atom is -0.278 e. The molecular formula is C15H10BrF2N3. The van der Waals surface area contributed by atoms with Gasteiger partial charge in [-0.1, -0.05) is 34.1 Å². The molecule has 3 rings (SSSR count). The number of alkyl halides is 1. The summed E-state index contributed by atoms with van der Waals surface area (Å²) >= 11 is 3.33. The molecule has 0 spiro atoms. The predicted molar refractivity (Wildman–Crippen MR) is 79.3 cm³/mol. The number of hydrogen-bond donors (Lipinski definition) is 0. The third kappa shape index (κ3) is 2.58. The Morgan fingerprint density at radius 2 is 1.76 bits per heavy atom. The van der Waals surface area contributed by atoms with Crippen molar-refractivity contribution in [1.82, 2.24) is 14.8 Å². The van der Waals surface area contributed by atoms with Crippen LogP contribution in [0.4, 0.5) is 8.78 Å². The lowest BCUT2D eigenvalue weighted by Crippen LogP contribution is -2.02. The molecule has 0 unspecified atom stereocenters. The Morgan fingerprint density at radius 3 is 2.48 bits per heavy atom. The van der Waals surface area contributed by atoms with E-state index in [1.807, 2.05) is 30.3 Å². The van der Waals surface area contributed by atoms with Crippen LogP contribution in [0.5, 0.6) is 0 Å². The first-order valence-electron chi connectivity index (χ1n) is 6.22. The number of aromatic nitrogens is 3. The topological polar surface area (TPSA) is 30.7 Å². The number of para-hydroxylation sites is 1. The van der Waals surface area contributed by atoms with Crippen LogP contribution in [-0.4, -0.2) is 14.8 Å². The summed E-state index contributed by atoms with van der Waals surface area (Å²) in [6, 6.07) is 12.6. The second-order valence-corrected chi connectivity index (χ2v) is 4.93. The van der Waals surface area contributed by atoms with Gasteiger partial charge >= 0.3 is 0 Å². The molecule has 0 atom stereocenters. The van der Waals surface area contributed by atoms with Crippen molar-refractivity contribution in [3.63, 3.8) is 0 Å². The summed E-state index contributed by atoms with van der Waals surface area (Å²) in [6.45, 7) is 0. The van der Waals surface area contributed by atoms with Gasteiger partial charge in [-0.15, -0.1) is 10.2 Å². The molecule has 0 aliphatic rings. The van der Waals surface area contributed by atoms with Gasteiger partial charge in [0.1, 0.15) is 17.5 Å². The van der Waals surface area contributed by atoms with E-state index in [0.717, 1.165) is 23.9 Å². The van der Waals surface area contributed by atoms with Crippen molar-refractivity contribution >= 4 is 15.9 Å². The third-order valence-electron chi connectivity index (χ3n) is 3.03. The monoisotopic (exact) mass is 349 g/mol. The van der Waals surface area contributed by atoms with E-state index in [1.165, 1.54) is 0 Å². The molecule has 3 aromatic rings. The fourth-order valence-corrected chi connectivity index (χ4v) is 2.46. The number of nitrogens with zero attached hydrogens (tertiary/aromatic N) is 3. The molecular weight excluding hydrogens is 340 g/mol. The lowest BCUT2D eigenvalue weighted by atomic mass is 10.2. The molecule has 21 heavy (non-hydrogen) atoms. The number of halogens is 3. The highest BCUT2D eigenvalue weighted by molar-refractivity contribution is 9.08. The molecule has 0 radical (unpaired) electrons. The summed E-state index contributed by atoms with van der Waals surface area (Å²) in [5.41, 5.74) is 0.870. The predicted octanol–water partition coefficient (Wildman–Crippen LogP) is 4.11. The van der Waals surface area contributed by atoms with E-state index in [0.29, 0.717) is 11.2 Å². The van der Waals surface area contributed by atoms with E-state index in [-0.39, 0.29) is 11.4 Å². The molecule has 106 valence electrons. The molecule has 0 saturated carbocycles. The van der Waals surface area contributed by atoms with Gasteiger partial charge in [-0.3, -0.25) is 4.57 Å². The maximum atomic E-state index is 14.0. The first kappa shape index (κ1) is 13.9. The van der Waals surface area contributed by atoms with Gasteiger partial charge in [0.05, 0.1) is 10.9 Å². The van der Waals surface area contributed by atoms with E-state index in [4.69, 9.17) is 0 Å². The fourth-order valence-electron chi connectivity index (χ4n) is 2.09. The lowest BCUT2D eigenvalue weighted by molar-refractivity contribution is 0.601. The summed E-state index contributed by atoms with van der Waals surface area (Å²) in [5.74, 6) is -0.177. The quantitative estimate of drug-likeness (QED) is 0.666. The zero-order chi connectivity index (χ0) is 14.8. The van der Waals surface area contributed by atoms with Crippen LogP contribution >= 0.6 is 15.9 Å². The molecule has 1 heterocycles. The Balaban J connectivity index is 2.25. The largest absolute Gasteiger partial charge is 0.278 e. The van der Waals surface area contributed by atoms with E-state index in [1.54, 1.807) is 4.57 Å². The van der Waals surface area contributed by atoms with Crippen molar-refractivity contribution in [2.75, 3.05) is 0 Å². The van der Waals surface area contributed by atoms with Crippen LogP contribution in [0.1, 0.15) is 5.82 Å². The fraction of sp³-hybridized carbons (Fsp3) is 0.0667. The Morgan fingerprint density at radius 1 is 1.00 bits per heavy atom. The van der Waals surface area contributed by atoms with Gasteiger partial charge in [0, 0.05) is 5.69 Å². The van der Waals surface area contributed by atoms with Crippen LogP contribution in [0.15, 0.2) is 48.5 Å². The van der Waals surface area contributed by atoms with Gasteiger partial charge in [-0.05, 0) is 30.3 Å². The first-order valence-corrected chi connectivity index (χ1v) is 7.34. The molecule has 6 heteroatoms. The standard InChI is InChI=1S/C15H10BrF2N3/c16-9-14-19-20-15(12-8-10(17)6-7-13(12)18)21(14)11-4-2-1-3-5-11/h1-8H,9H2. The summed E-state index contributed by atoms with van der Waals surface area (Å²) in [6.07, 6.45) is 0. The van der Waals surface area contributed by atoms with E-state index < -0.39 is 11.6 Å². The van der Waals surface area contributed by atoms with Crippen LogP contribution in [-0.2, 0) is 5.33 Å². The summed E-state index contributed by atoms with van der Waals surface area (Å²) in [5, 5.41) is 8.50. The Bertz CT molecular complexity index is 772. The van der Waals surface area contributed by atoms with Crippen molar-refractivity contribution in [1.29, 1.82) is 0 Å². The zero-order valence-electron chi connectivity index (χ0n) is 10.8. The smallest absolute Gasteiger partial charge is 0.171 e. The maximum Gasteiger partial charge on any atom is 0.171 e. The van der Waals surface area contributed by atoms with Crippen LogP contribution < -0.4 is 0 Å². The van der Waals surface area contributed by atoms with Gasteiger partial charge in [-0.2, -0.15) is 0 Å². The van der Waals surface area contributed by atoms with Crippen LogP contribution in [0.3, 0.4) is 0 Å². The van der Waals surface area contributed by atoms with Crippen LogP contribution in [0, 0.1) is 11.6 Å². The number of benzene rings is 2. The van der Waals surface area contributed by atoms with Gasteiger partial charge in [0.2, 0.25) is 0 Å². The second kappa shape index (κ2) is 5.73. The minimum absolute atomic E-state index is 0.0820. The third-order valence-corrected chi connectivity index (χ3v) is 3.53. The maximum absolute atomic E-state index is 14.0. The average molecular weight is 350 g/mol. The van der Waals surface area contributed by atoms with Gasteiger partial charge in [0.15, 0.2) is 5.82 Å². The molecule has 0 aliphatic carbocycles. The molecule has 0 N–H and O–H groups in total. The molecule has 1 aromatic heterocycles. The molecule has 0 saturated heterocycles. The molecule has 0 fully saturated rings. The van der Waals surface area contributed by atoms with Gasteiger partial charge < -0.3 is 0 Å². The highest BCUT2D eigenvalue weighted by Gasteiger charge is 2.18.